The van der Waals surface area contributed by atoms with Crippen molar-refractivity contribution in [3.05, 3.63) is 23.4 Å². The average molecular weight is 191 g/mol. The van der Waals surface area contributed by atoms with Crippen LogP contribution in [0.15, 0.2) is 12.1 Å². The van der Waals surface area contributed by atoms with E-state index in [0.29, 0.717) is 6.54 Å². The monoisotopic (exact) mass is 191 g/mol. The Balaban J connectivity index is 2.86. The topological polar surface area (TPSA) is 64.1 Å². The van der Waals surface area contributed by atoms with E-state index >= 15 is 0 Å². The van der Waals surface area contributed by atoms with Crippen LogP contribution in [0.2, 0.25) is 0 Å². The molecule has 1 heterocycles. The third kappa shape index (κ3) is 1.15. The first-order valence-electron chi connectivity index (χ1n) is 4.48. The summed E-state index contributed by atoms with van der Waals surface area (Å²) in [6.45, 7) is 2.30. The van der Waals surface area contributed by atoms with Crippen LogP contribution in [0, 0.1) is 6.92 Å². The molecule has 2 rings (SSSR count). The van der Waals surface area contributed by atoms with E-state index in [1.54, 1.807) is 10.7 Å². The lowest BCUT2D eigenvalue weighted by molar-refractivity contribution is 0.480. The van der Waals surface area contributed by atoms with Crippen molar-refractivity contribution in [2.75, 3.05) is 0 Å². The lowest BCUT2D eigenvalue weighted by Gasteiger charge is -2.01. The Bertz CT molecular complexity index is 488. The van der Waals surface area contributed by atoms with Gasteiger partial charge < -0.3 is 10.8 Å². The van der Waals surface area contributed by atoms with E-state index in [4.69, 9.17) is 5.73 Å². The fourth-order valence-corrected chi connectivity index (χ4v) is 1.74. The zero-order chi connectivity index (χ0) is 10.3. The van der Waals surface area contributed by atoms with E-state index in [1.807, 2.05) is 20.0 Å². The molecule has 0 atom stereocenters. The second-order valence-electron chi connectivity index (χ2n) is 3.42. The fourth-order valence-electron chi connectivity index (χ4n) is 1.74. The van der Waals surface area contributed by atoms with Crippen LogP contribution in [0.4, 0.5) is 0 Å². The number of nitrogens with two attached hydrogens (primary N) is 1. The van der Waals surface area contributed by atoms with Gasteiger partial charge in [0.2, 0.25) is 0 Å². The largest absolute Gasteiger partial charge is 0.507 e. The first-order valence-corrected chi connectivity index (χ1v) is 4.48. The van der Waals surface area contributed by atoms with Crippen molar-refractivity contribution < 1.29 is 5.11 Å². The molecule has 74 valence electrons. The molecule has 0 bridgehead atoms. The van der Waals surface area contributed by atoms with E-state index in [0.717, 1.165) is 22.2 Å². The van der Waals surface area contributed by atoms with Crippen LogP contribution in [0.25, 0.3) is 10.9 Å². The van der Waals surface area contributed by atoms with Gasteiger partial charge in [0.05, 0.1) is 16.6 Å². The number of hydrogen-bond donors (Lipinski definition) is 2. The molecule has 0 aliphatic heterocycles. The van der Waals surface area contributed by atoms with Gasteiger partial charge in [0.1, 0.15) is 5.75 Å². The Morgan fingerprint density at radius 1 is 1.50 bits per heavy atom. The van der Waals surface area contributed by atoms with Gasteiger partial charge in [0, 0.05) is 13.6 Å². The normalized spacial score (nSPS) is 11.1. The number of nitrogens with zero attached hydrogens (tertiary/aromatic N) is 2. The SMILES string of the molecule is Cc1nn(C)c2cc(CN)cc(O)c12. The molecule has 2 aromatic rings. The number of hydrogen-bond acceptors (Lipinski definition) is 3. The Hall–Kier alpha value is -1.55. The number of benzene rings is 1. The maximum atomic E-state index is 9.77. The maximum Gasteiger partial charge on any atom is 0.127 e. The predicted molar refractivity (Wildman–Crippen MR) is 55.0 cm³/mol. The van der Waals surface area contributed by atoms with Crippen LogP contribution in [-0.4, -0.2) is 14.9 Å². The summed E-state index contributed by atoms with van der Waals surface area (Å²) < 4.78 is 1.75. The minimum atomic E-state index is 0.258. The predicted octanol–water partition coefficient (Wildman–Crippen LogP) is 1.05. The summed E-state index contributed by atoms with van der Waals surface area (Å²) in [5.41, 5.74) is 8.20. The molecule has 14 heavy (non-hydrogen) atoms. The van der Waals surface area contributed by atoms with E-state index in [2.05, 4.69) is 5.10 Å². The summed E-state index contributed by atoms with van der Waals surface area (Å²) in [4.78, 5) is 0. The zero-order valence-corrected chi connectivity index (χ0v) is 8.28. The smallest absolute Gasteiger partial charge is 0.127 e. The van der Waals surface area contributed by atoms with Crippen molar-refractivity contribution in [2.24, 2.45) is 12.8 Å². The van der Waals surface area contributed by atoms with Crippen LogP contribution in [0.1, 0.15) is 11.3 Å². The Labute approximate surface area is 81.9 Å². The summed E-state index contributed by atoms with van der Waals surface area (Å²) in [5, 5.41) is 14.8. The molecular weight excluding hydrogens is 178 g/mol. The molecule has 1 aromatic heterocycles. The van der Waals surface area contributed by atoms with Crippen LogP contribution < -0.4 is 5.73 Å². The summed E-state index contributed by atoms with van der Waals surface area (Å²) >= 11 is 0. The van der Waals surface area contributed by atoms with Gasteiger partial charge in [-0.05, 0) is 24.6 Å². The van der Waals surface area contributed by atoms with Crippen LogP contribution in [0.5, 0.6) is 5.75 Å². The Morgan fingerprint density at radius 3 is 2.86 bits per heavy atom. The maximum absolute atomic E-state index is 9.77. The third-order valence-electron chi connectivity index (χ3n) is 2.40. The molecule has 0 aliphatic carbocycles. The molecule has 0 fully saturated rings. The summed E-state index contributed by atoms with van der Waals surface area (Å²) in [6.07, 6.45) is 0. The van der Waals surface area contributed by atoms with E-state index < -0.39 is 0 Å². The molecule has 4 nitrogen and oxygen atoms in total. The van der Waals surface area contributed by atoms with Crippen molar-refractivity contribution in [1.29, 1.82) is 0 Å². The molecular formula is C10H13N3O. The number of aryl methyl sites for hydroxylation is 2. The van der Waals surface area contributed by atoms with Crippen LogP contribution in [-0.2, 0) is 13.6 Å². The zero-order valence-electron chi connectivity index (χ0n) is 8.28. The quantitative estimate of drug-likeness (QED) is 0.708. The van der Waals surface area contributed by atoms with Gasteiger partial charge in [-0.15, -0.1) is 0 Å². The Kier molecular flexibility index (Phi) is 1.93. The molecule has 0 saturated heterocycles. The number of phenolic OH excluding ortho intramolecular Hbond substituents is 1. The fraction of sp³-hybridized carbons (Fsp3) is 0.300. The van der Waals surface area contributed by atoms with Crippen molar-refractivity contribution in [1.82, 2.24) is 9.78 Å². The molecule has 3 N–H and O–H groups in total. The summed E-state index contributed by atoms with van der Waals surface area (Å²) in [7, 11) is 1.86. The van der Waals surface area contributed by atoms with Gasteiger partial charge in [-0.25, -0.2) is 0 Å². The van der Waals surface area contributed by atoms with Gasteiger partial charge in [0.25, 0.3) is 0 Å². The average Bonchev–Trinajstić information content (AvgIpc) is 2.42. The molecule has 0 radical (unpaired) electrons. The summed E-state index contributed by atoms with van der Waals surface area (Å²) in [6, 6.07) is 3.64. The third-order valence-corrected chi connectivity index (χ3v) is 2.40. The van der Waals surface area contributed by atoms with E-state index in [1.165, 1.54) is 0 Å². The van der Waals surface area contributed by atoms with Crippen molar-refractivity contribution >= 4 is 10.9 Å². The highest BCUT2D eigenvalue weighted by molar-refractivity contribution is 5.88. The standard InChI is InChI=1S/C10H13N3O/c1-6-10-8(13(2)12-6)3-7(5-11)4-9(10)14/h3-4,14H,5,11H2,1-2H3. The number of fused-ring (bicyclic) bond motifs is 1. The lowest BCUT2D eigenvalue weighted by Crippen LogP contribution is -1.97. The van der Waals surface area contributed by atoms with E-state index in [9.17, 15) is 5.11 Å². The molecule has 0 spiro atoms. The number of rotatable bonds is 1. The highest BCUT2D eigenvalue weighted by atomic mass is 16.3. The number of aromatic hydroxyl groups is 1. The highest BCUT2D eigenvalue weighted by Crippen LogP contribution is 2.28. The lowest BCUT2D eigenvalue weighted by atomic mass is 10.1. The van der Waals surface area contributed by atoms with Crippen LogP contribution >= 0.6 is 0 Å². The Morgan fingerprint density at radius 2 is 2.21 bits per heavy atom. The summed E-state index contributed by atoms with van der Waals surface area (Å²) in [5.74, 6) is 0.258. The molecule has 1 aromatic carbocycles. The minimum Gasteiger partial charge on any atom is -0.507 e. The van der Waals surface area contributed by atoms with Gasteiger partial charge in [-0.3, -0.25) is 4.68 Å². The number of phenols is 1. The van der Waals surface area contributed by atoms with Crippen molar-refractivity contribution in [2.45, 2.75) is 13.5 Å². The van der Waals surface area contributed by atoms with Gasteiger partial charge in [0.15, 0.2) is 0 Å². The highest BCUT2D eigenvalue weighted by Gasteiger charge is 2.10. The second-order valence-corrected chi connectivity index (χ2v) is 3.42. The molecule has 0 unspecified atom stereocenters. The van der Waals surface area contributed by atoms with Gasteiger partial charge >= 0.3 is 0 Å². The second kappa shape index (κ2) is 2.99. The molecule has 0 aliphatic rings. The van der Waals surface area contributed by atoms with Crippen molar-refractivity contribution in [3.8, 4) is 5.75 Å². The molecule has 0 amide bonds. The first kappa shape index (κ1) is 9.02. The van der Waals surface area contributed by atoms with Gasteiger partial charge in [-0.2, -0.15) is 5.10 Å². The minimum absolute atomic E-state index is 0.258. The number of aromatic nitrogens is 2. The van der Waals surface area contributed by atoms with Gasteiger partial charge in [-0.1, -0.05) is 0 Å². The molecule has 0 saturated carbocycles. The van der Waals surface area contributed by atoms with E-state index in [-0.39, 0.29) is 5.75 Å². The molecule has 4 heteroatoms. The van der Waals surface area contributed by atoms with Crippen molar-refractivity contribution in [3.63, 3.8) is 0 Å². The van der Waals surface area contributed by atoms with Crippen LogP contribution in [0.3, 0.4) is 0 Å². The first-order chi connectivity index (χ1) is 6.63.